The molecule has 4 rings (SSSR count). The molecule has 3 aliphatic heterocycles. The lowest BCUT2D eigenvalue weighted by atomic mass is 9.84. The van der Waals surface area contributed by atoms with Crippen molar-refractivity contribution in [1.29, 1.82) is 0 Å². The van der Waals surface area contributed by atoms with Crippen molar-refractivity contribution in [2.45, 2.75) is 98.2 Å². The average molecular weight is 669 g/mol. The van der Waals surface area contributed by atoms with Crippen LogP contribution in [0.25, 0.3) is 10.4 Å². The second kappa shape index (κ2) is 18.4. The molecule has 20 heteroatoms. The largest absolute Gasteiger partial charge is 0.388 e. The summed E-state index contributed by atoms with van der Waals surface area (Å²) in [6, 6.07) is -2.95. The van der Waals surface area contributed by atoms with Gasteiger partial charge < -0.3 is 85.4 Å². The highest BCUT2D eigenvalue weighted by molar-refractivity contribution is 5.02. The lowest BCUT2D eigenvalue weighted by Crippen LogP contribution is -2.68. The van der Waals surface area contributed by atoms with E-state index < -0.39 is 91.7 Å². The zero-order valence-electron chi connectivity index (χ0n) is 25.4. The van der Waals surface area contributed by atoms with Gasteiger partial charge in [-0.15, -0.1) is 0 Å². The van der Waals surface area contributed by atoms with E-state index in [-0.39, 0.29) is 46.0 Å². The highest BCUT2D eigenvalue weighted by Gasteiger charge is 2.52. The van der Waals surface area contributed by atoms with E-state index in [9.17, 15) is 31.1 Å². The second-order valence-electron chi connectivity index (χ2n) is 11.5. The highest BCUT2D eigenvalue weighted by atomic mass is 16.7. The fraction of sp³-hybridized carbons (Fsp3) is 1.00. The van der Waals surface area contributed by atoms with E-state index in [1.807, 2.05) is 0 Å². The summed E-state index contributed by atoms with van der Waals surface area (Å²) in [5.41, 5.74) is 27.5. The number of ether oxygens (including phenoxy) is 9. The number of fused-ring (bicyclic) bond motifs is 1. The van der Waals surface area contributed by atoms with Crippen molar-refractivity contribution in [3.05, 3.63) is 10.4 Å². The maximum atomic E-state index is 11.4. The Kier molecular flexibility index (Phi) is 15.0. The minimum atomic E-state index is -1.69. The van der Waals surface area contributed by atoms with Gasteiger partial charge in [-0.25, -0.2) is 0 Å². The Morgan fingerprint density at radius 1 is 0.696 bits per heavy atom. The molecule has 1 saturated carbocycles. The number of nitrogens with zero attached hydrogens (tertiary/aromatic N) is 3. The average Bonchev–Trinajstić information content (AvgIpc) is 3.03. The molecule has 0 aromatic heterocycles. The molecule has 3 saturated heterocycles. The van der Waals surface area contributed by atoms with Crippen molar-refractivity contribution >= 4 is 0 Å². The topological polar surface area (TPSA) is 311 Å². The van der Waals surface area contributed by atoms with Gasteiger partial charge in [0.15, 0.2) is 12.6 Å². The molecule has 6 unspecified atom stereocenters. The predicted molar refractivity (Wildman–Crippen MR) is 153 cm³/mol. The van der Waals surface area contributed by atoms with Crippen molar-refractivity contribution in [2.24, 2.45) is 22.3 Å². The first kappa shape index (κ1) is 37.4. The molecule has 0 bridgehead atoms. The Morgan fingerprint density at radius 2 is 1.24 bits per heavy atom. The Morgan fingerprint density at radius 3 is 1.80 bits per heavy atom. The summed E-state index contributed by atoms with van der Waals surface area (Å²) in [7, 11) is 0. The van der Waals surface area contributed by atoms with E-state index in [1.165, 1.54) is 0 Å². The minimum absolute atomic E-state index is 0.0569. The summed E-state index contributed by atoms with van der Waals surface area (Å²) in [6.45, 7) is 1.97. The van der Waals surface area contributed by atoms with Crippen molar-refractivity contribution in [3.8, 4) is 0 Å². The van der Waals surface area contributed by atoms with E-state index in [2.05, 4.69) is 10.0 Å². The summed E-state index contributed by atoms with van der Waals surface area (Å²) in [5.74, 6) is 0. The highest BCUT2D eigenvalue weighted by Crippen LogP contribution is 2.33. The van der Waals surface area contributed by atoms with Gasteiger partial charge in [0.05, 0.1) is 71.6 Å². The second-order valence-corrected chi connectivity index (χ2v) is 11.5. The number of azide groups is 1. The van der Waals surface area contributed by atoms with Gasteiger partial charge in [0.25, 0.3) is 0 Å². The molecule has 3 heterocycles. The van der Waals surface area contributed by atoms with Gasteiger partial charge in [0.1, 0.15) is 54.9 Å². The monoisotopic (exact) mass is 668 g/mol. The maximum Gasteiger partial charge on any atom is 0.187 e. The molecule has 4 fully saturated rings. The smallest absolute Gasteiger partial charge is 0.187 e. The van der Waals surface area contributed by atoms with Crippen molar-refractivity contribution < 1.29 is 68.2 Å². The number of aliphatic hydroxyl groups is 5. The number of nitrogens with two attached hydrogens (primary N) is 3. The lowest BCUT2D eigenvalue weighted by molar-refractivity contribution is -0.333. The third-order valence-corrected chi connectivity index (χ3v) is 8.31. The van der Waals surface area contributed by atoms with Gasteiger partial charge >= 0.3 is 0 Å². The Balaban J connectivity index is 1.47. The molecular weight excluding hydrogens is 620 g/mol. The van der Waals surface area contributed by atoms with Crippen LogP contribution in [0, 0.1) is 0 Å². The first-order valence-corrected chi connectivity index (χ1v) is 15.4. The van der Waals surface area contributed by atoms with Gasteiger partial charge in [-0.3, -0.25) is 0 Å². The van der Waals surface area contributed by atoms with Gasteiger partial charge in [-0.1, -0.05) is 5.11 Å². The number of hydrogen-bond acceptors (Lipinski definition) is 18. The van der Waals surface area contributed by atoms with E-state index in [0.29, 0.717) is 26.4 Å². The van der Waals surface area contributed by atoms with Crippen LogP contribution in [0.2, 0.25) is 0 Å². The Bertz CT molecular complexity index is 955. The van der Waals surface area contributed by atoms with E-state index in [1.54, 1.807) is 0 Å². The molecule has 266 valence electrons. The summed E-state index contributed by atoms with van der Waals surface area (Å²) >= 11 is 0. The summed E-state index contributed by atoms with van der Waals surface area (Å²) in [6.07, 6.45) is -16.2. The van der Waals surface area contributed by atoms with Crippen LogP contribution in [0.4, 0.5) is 0 Å². The lowest BCUT2D eigenvalue weighted by Gasteiger charge is -2.48. The SMILES string of the molecule is [N-]=[N+]=NC1[C@@H](O)C(OC2[C@H](N)CC(N)[C@@H](O[C@H]3OC(CN)[C@@H](O)[C@H](O)C3O)[C@@H]2O)O[C@@H]2COCCOCCOCCOCCO[C@@H]12. The minimum Gasteiger partial charge on any atom is -0.388 e. The standard InChI is InChI=1S/C26H48N6O14/c27-10-14-17(33)19(35)20(36)26(43-14)46-23-13(29)9-12(28)22(21(23)37)45-25-18(34)16(31-32-30)24-15(44-25)11-41-6-5-39-2-1-38-3-4-40-7-8-42-24/h12-26,33-37H,1-11,27-29H2/t12-,13?,14?,15-,16?,17-,18-,19+,20?,21-,22?,23-,24-,25?,26-/m1/s1. The van der Waals surface area contributed by atoms with Crippen LogP contribution in [-0.4, -0.2) is 183 Å². The van der Waals surface area contributed by atoms with Crippen molar-refractivity contribution in [1.82, 2.24) is 0 Å². The van der Waals surface area contributed by atoms with Crippen LogP contribution in [0.15, 0.2) is 5.11 Å². The molecule has 0 spiro atoms. The van der Waals surface area contributed by atoms with Gasteiger partial charge in [-0.05, 0) is 12.0 Å². The molecule has 15 atom stereocenters. The summed E-state index contributed by atoms with van der Waals surface area (Å²) in [5, 5.41) is 57.2. The molecule has 0 amide bonds. The molecule has 0 aromatic rings. The van der Waals surface area contributed by atoms with Crippen molar-refractivity contribution in [3.63, 3.8) is 0 Å². The van der Waals surface area contributed by atoms with Crippen LogP contribution < -0.4 is 17.2 Å². The van der Waals surface area contributed by atoms with Gasteiger partial charge in [0.2, 0.25) is 0 Å². The fourth-order valence-electron chi connectivity index (χ4n) is 5.83. The molecule has 46 heavy (non-hydrogen) atoms. The fourth-order valence-corrected chi connectivity index (χ4v) is 5.83. The van der Waals surface area contributed by atoms with Gasteiger partial charge in [-0.2, -0.15) is 0 Å². The van der Waals surface area contributed by atoms with Crippen LogP contribution >= 0.6 is 0 Å². The number of aliphatic hydroxyl groups excluding tert-OH is 5. The van der Waals surface area contributed by atoms with Crippen LogP contribution in [0.5, 0.6) is 0 Å². The van der Waals surface area contributed by atoms with Crippen LogP contribution in [-0.2, 0) is 42.6 Å². The zero-order chi connectivity index (χ0) is 33.2. The molecule has 1 aliphatic carbocycles. The number of rotatable bonds is 6. The van der Waals surface area contributed by atoms with E-state index >= 15 is 0 Å². The first-order chi connectivity index (χ1) is 22.2. The molecule has 0 aromatic carbocycles. The predicted octanol–water partition coefficient (Wildman–Crippen LogP) is -4.83. The first-order valence-electron chi connectivity index (χ1n) is 15.4. The zero-order valence-corrected chi connectivity index (χ0v) is 25.4. The normalized spacial score (nSPS) is 45.7. The van der Waals surface area contributed by atoms with Crippen molar-refractivity contribution in [2.75, 3.05) is 66.0 Å². The van der Waals surface area contributed by atoms with Gasteiger partial charge in [0, 0.05) is 23.5 Å². The quantitative estimate of drug-likeness (QED) is 0.0747. The third-order valence-electron chi connectivity index (χ3n) is 8.31. The molecular formula is C26H48N6O14. The summed E-state index contributed by atoms with van der Waals surface area (Å²) < 4.78 is 51.6. The molecule has 20 nitrogen and oxygen atoms in total. The summed E-state index contributed by atoms with van der Waals surface area (Å²) in [4.78, 5) is 2.88. The van der Waals surface area contributed by atoms with E-state index in [4.69, 9.17) is 59.8 Å². The maximum absolute atomic E-state index is 11.4. The number of hydrogen-bond donors (Lipinski definition) is 8. The molecule has 0 radical (unpaired) electrons. The Hall–Kier alpha value is -1.37. The van der Waals surface area contributed by atoms with Crippen LogP contribution in [0.3, 0.4) is 0 Å². The third kappa shape index (κ3) is 9.41. The Labute approximate surface area is 265 Å². The van der Waals surface area contributed by atoms with Crippen LogP contribution in [0.1, 0.15) is 6.42 Å². The molecule has 4 aliphatic rings. The molecule has 11 N–H and O–H groups in total. The van der Waals surface area contributed by atoms with E-state index in [0.717, 1.165) is 0 Å².